The normalized spacial score (nSPS) is 14.6. The fraction of sp³-hybridized carbons (Fsp3) is 0.240. The van der Waals surface area contributed by atoms with Crippen LogP contribution in [0.2, 0.25) is 0 Å². The summed E-state index contributed by atoms with van der Waals surface area (Å²) in [5, 5.41) is 8.63. The highest BCUT2D eigenvalue weighted by atomic mass is 19.1. The van der Waals surface area contributed by atoms with Gasteiger partial charge in [-0.15, -0.1) is 10.2 Å². The van der Waals surface area contributed by atoms with Crippen LogP contribution in [0.25, 0.3) is 5.65 Å². The third-order valence-electron chi connectivity index (χ3n) is 5.89. The molecule has 5 rings (SSSR count). The number of halogens is 1. The summed E-state index contributed by atoms with van der Waals surface area (Å²) < 4.78 is 20.9. The molecule has 1 fully saturated rings. The molecule has 1 aliphatic rings. The van der Waals surface area contributed by atoms with Gasteiger partial charge in [0.15, 0.2) is 5.65 Å². The van der Waals surface area contributed by atoms with Gasteiger partial charge in [0.05, 0.1) is 0 Å². The molecule has 3 heterocycles. The number of piperidine rings is 1. The summed E-state index contributed by atoms with van der Waals surface area (Å²) >= 11 is 0. The Kier molecular flexibility index (Phi) is 5.54. The lowest BCUT2D eigenvalue weighted by molar-refractivity contribution is 0.0710. The first-order valence-electron chi connectivity index (χ1n) is 10.7. The van der Waals surface area contributed by atoms with Crippen LogP contribution in [0, 0.1) is 5.82 Å². The standard InChI is InChI=1S/C25H23FN4O2/c26-21-9-7-18(8-10-21)17-32-22-5-3-4-20(16-22)25(31)29-14-11-19(12-15-29)24-28-27-23-6-1-2-13-30(23)24/h1-10,13,16,19H,11-12,14-15,17H2. The van der Waals surface area contributed by atoms with Gasteiger partial charge in [0.25, 0.3) is 5.91 Å². The Hall–Kier alpha value is -3.74. The number of hydrogen-bond donors (Lipinski definition) is 0. The molecule has 0 saturated carbocycles. The number of hydrogen-bond acceptors (Lipinski definition) is 4. The fourth-order valence-electron chi connectivity index (χ4n) is 4.13. The molecular formula is C25H23FN4O2. The van der Waals surface area contributed by atoms with Gasteiger partial charge in [0.1, 0.15) is 24.0 Å². The Balaban J connectivity index is 1.21. The fourth-order valence-corrected chi connectivity index (χ4v) is 4.13. The van der Waals surface area contributed by atoms with Crippen molar-refractivity contribution in [2.24, 2.45) is 0 Å². The van der Waals surface area contributed by atoms with Crippen LogP contribution in [-0.2, 0) is 6.61 Å². The number of likely N-dealkylation sites (tertiary alicyclic amines) is 1. The second kappa shape index (κ2) is 8.78. The van der Waals surface area contributed by atoms with Gasteiger partial charge in [-0.2, -0.15) is 0 Å². The number of pyridine rings is 1. The van der Waals surface area contributed by atoms with Crippen molar-refractivity contribution >= 4 is 11.6 Å². The molecule has 1 amide bonds. The van der Waals surface area contributed by atoms with Crippen LogP contribution in [0.1, 0.15) is 40.5 Å². The largest absolute Gasteiger partial charge is 0.489 e. The molecule has 4 aromatic rings. The lowest BCUT2D eigenvalue weighted by atomic mass is 9.95. The SMILES string of the molecule is O=C(c1cccc(OCc2ccc(F)cc2)c1)N1CCC(c2nnc3ccccn23)CC1. The second-order valence-electron chi connectivity index (χ2n) is 8.00. The number of rotatable bonds is 5. The number of ether oxygens (including phenoxy) is 1. The van der Waals surface area contributed by atoms with E-state index < -0.39 is 0 Å². The van der Waals surface area contributed by atoms with Gasteiger partial charge in [0, 0.05) is 30.8 Å². The van der Waals surface area contributed by atoms with Gasteiger partial charge in [0.2, 0.25) is 0 Å². The molecule has 0 bridgehead atoms. The first kappa shape index (κ1) is 20.2. The zero-order valence-electron chi connectivity index (χ0n) is 17.5. The summed E-state index contributed by atoms with van der Waals surface area (Å²) in [7, 11) is 0. The molecule has 0 spiro atoms. The van der Waals surface area contributed by atoms with Gasteiger partial charge in [-0.1, -0.05) is 24.3 Å². The topological polar surface area (TPSA) is 59.7 Å². The predicted octanol–water partition coefficient (Wildman–Crippen LogP) is 4.47. The molecule has 0 radical (unpaired) electrons. The van der Waals surface area contributed by atoms with E-state index in [1.807, 2.05) is 51.9 Å². The van der Waals surface area contributed by atoms with E-state index in [4.69, 9.17) is 4.74 Å². The van der Waals surface area contributed by atoms with Crippen molar-refractivity contribution in [2.45, 2.75) is 25.4 Å². The highest BCUT2D eigenvalue weighted by Gasteiger charge is 2.27. The Morgan fingerprint density at radius 3 is 2.62 bits per heavy atom. The van der Waals surface area contributed by atoms with Crippen LogP contribution < -0.4 is 4.74 Å². The zero-order chi connectivity index (χ0) is 21.9. The summed E-state index contributed by atoms with van der Waals surface area (Å²) in [5.41, 5.74) is 2.32. The Labute approximate surface area is 185 Å². The molecule has 0 atom stereocenters. The molecule has 0 aliphatic carbocycles. The number of nitrogens with zero attached hydrogens (tertiary/aromatic N) is 4. The van der Waals surface area contributed by atoms with Crippen LogP contribution in [0.4, 0.5) is 4.39 Å². The number of benzene rings is 2. The molecule has 2 aromatic heterocycles. The molecular weight excluding hydrogens is 407 g/mol. The highest BCUT2D eigenvalue weighted by molar-refractivity contribution is 5.94. The molecule has 6 nitrogen and oxygen atoms in total. The number of amides is 1. The maximum absolute atomic E-state index is 13.1. The first-order valence-corrected chi connectivity index (χ1v) is 10.7. The summed E-state index contributed by atoms with van der Waals surface area (Å²) in [6, 6.07) is 19.3. The van der Waals surface area contributed by atoms with E-state index in [9.17, 15) is 9.18 Å². The summed E-state index contributed by atoms with van der Waals surface area (Å²) in [6.45, 7) is 1.66. The molecule has 7 heteroatoms. The van der Waals surface area contributed by atoms with Crippen molar-refractivity contribution in [1.29, 1.82) is 0 Å². The number of aromatic nitrogens is 3. The van der Waals surface area contributed by atoms with Crippen molar-refractivity contribution in [3.63, 3.8) is 0 Å². The van der Waals surface area contributed by atoms with Crippen molar-refractivity contribution in [1.82, 2.24) is 19.5 Å². The number of fused-ring (bicyclic) bond motifs is 1. The number of carbonyl (C=O) groups is 1. The van der Waals surface area contributed by atoms with Crippen LogP contribution >= 0.6 is 0 Å². The minimum Gasteiger partial charge on any atom is -0.489 e. The number of carbonyl (C=O) groups excluding carboxylic acids is 1. The second-order valence-corrected chi connectivity index (χ2v) is 8.00. The van der Waals surface area contributed by atoms with Gasteiger partial charge in [-0.3, -0.25) is 9.20 Å². The molecule has 1 saturated heterocycles. The van der Waals surface area contributed by atoms with E-state index in [1.165, 1.54) is 12.1 Å². The summed E-state index contributed by atoms with van der Waals surface area (Å²) in [5.74, 6) is 1.58. The minimum atomic E-state index is -0.276. The zero-order valence-corrected chi connectivity index (χ0v) is 17.5. The summed E-state index contributed by atoms with van der Waals surface area (Å²) in [6.07, 6.45) is 3.68. The summed E-state index contributed by atoms with van der Waals surface area (Å²) in [4.78, 5) is 15.0. The molecule has 32 heavy (non-hydrogen) atoms. The van der Waals surface area contributed by atoms with Crippen molar-refractivity contribution in [2.75, 3.05) is 13.1 Å². The third-order valence-corrected chi connectivity index (χ3v) is 5.89. The van der Waals surface area contributed by atoms with Crippen molar-refractivity contribution in [3.05, 3.63) is 95.7 Å². The first-order chi connectivity index (χ1) is 15.7. The monoisotopic (exact) mass is 430 g/mol. The maximum Gasteiger partial charge on any atom is 0.253 e. The lowest BCUT2D eigenvalue weighted by Gasteiger charge is -2.31. The minimum absolute atomic E-state index is 0.00165. The van der Waals surface area contributed by atoms with Gasteiger partial charge >= 0.3 is 0 Å². The molecule has 2 aromatic carbocycles. The average molecular weight is 430 g/mol. The highest BCUT2D eigenvalue weighted by Crippen LogP contribution is 2.28. The van der Waals surface area contributed by atoms with Crippen LogP contribution in [0.3, 0.4) is 0 Å². The van der Waals surface area contributed by atoms with Gasteiger partial charge in [-0.25, -0.2) is 4.39 Å². The van der Waals surface area contributed by atoms with Gasteiger partial charge < -0.3 is 9.64 Å². The molecule has 162 valence electrons. The van der Waals surface area contributed by atoms with E-state index in [-0.39, 0.29) is 17.6 Å². The maximum atomic E-state index is 13.1. The Morgan fingerprint density at radius 1 is 1.00 bits per heavy atom. The molecule has 0 N–H and O–H groups in total. The molecule has 1 aliphatic heterocycles. The van der Waals surface area contributed by atoms with Crippen molar-refractivity contribution < 1.29 is 13.9 Å². The van der Waals surface area contributed by atoms with E-state index in [0.29, 0.717) is 31.0 Å². The van der Waals surface area contributed by atoms with Crippen LogP contribution in [0.15, 0.2) is 72.9 Å². The average Bonchev–Trinajstić information content (AvgIpc) is 3.28. The molecule has 0 unspecified atom stereocenters. The van der Waals surface area contributed by atoms with E-state index in [1.54, 1.807) is 18.2 Å². The quantitative estimate of drug-likeness (QED) is 0.469. The van der Waals surface area contributed by atoms with E-state index in [0.717, 1.165) is 29.9 Å². The smallest absolute Gasteiger partial charge is 0.253 e. The third kappa shape index (κ3) is 4.19. The van der Waals surface area contributed by atoms with Crippen LogP contribution in [-0.4, -0.2) is 38.5 Å². The van der Waals surface area contributed by atoms with E-state index in [2.05, 4.69) is 10.2 Å². The predicted molar refractivity (Wildman–Crippen MR) is 118 cm³/mol. The van der Waals surface area contributed by atoms with Gasteiger partial charge in [-0.05, 0) is 60.9 Å². The van der Waals surface area contributed by atoms with Crippen LogP contribution in [0.5, 0.6) is 5.75 Å². The van der Waals surface area contributed by atoms with Crippen molar-refractivity contribution in [3.8, 4) is 5.75 Å². The Bertz CT molecular complexity index is 1230. The lowest BCUT2D eigenvalue weighted by Crippen LogP contribution is -2.38. The van der Waals surface area contributed by atoms with E-state index >= 15 is 0 Å². The Morgan fingerprint density at radius 2 is 1.81 bits per heavy atom.